The van der Waals surface area contributed by atoms with Crippen LogP contribution in [0.1, 0.15) is 13.8 Å². The molecule has 0 unspecified atom stereocenters. The predicted molar refractivity (Wildman–Crippen MR) is 108 cm³/mol. The number of hydrogen-bond acceptors (Lipinski definition) is 8. The summed E-state index contributed by atoms with van der Waals surface area (Å²) >= 11 is 0. The second-order valence-electron chi connectivity index (χ2n) is 6.18. The molecule has 0 aliphatic carbocycles. The third-order valence-electron chi connectivity index (χ3n) is 3.60. The topological polar surface area (TPSA) is 118 Å². The lowest BCUT2D eigenvalue weighted by atomic mass is 10.3. The van der Waals surface area contributed by atoms with E-state index >= 15 is 0 Å². The van der Waals surface area contributed by atoms with Gasteiger partial charge >= 0.3 is 5.69 Å². The summed E-state index contributed by atoms with van der Waals surface area (Å²) in [7, 11) is 0. The number of azo groups is 1. The SMILES string of the molecule is CC(C)Nc1ncnc(Nc2ccc(N=Nc3ccccc3)cc2)c1[N+](=O)[O-]. The highest BCUT2D eigenvalue weighted by Crippen LogP contribution is 2.32. The van der Waals surface area contributed by atoms with Gasteiger partial charge in [-0.05, 0) is 50.2 Å². The monoisotopic (exact) mass is 377 g/mol. The molecule has 3 rings (SSSR count). The number of nitro groups is 1. The summed E-state index contributed by atoms with van der Waals surface area (Å²) in [6.45, 7) is 3.75. The van der Waals surface area contributed by atoms with Crippen LogP contribution in [0.4, 0.5) is 34.4 Å². The van der Waals surface area contributed by atoms with Crippen LogP contribution in [-0.4, -0.2) is 20.9 Å². The van der Waals surface area contributed by atoms with E-state index < -0.39 is 4.92 Å². The Kier molecular flexibility index (Phi) is 5.85. The van der Waals surface area contributed by atoms with Crippen molar-refractivity contribution in [2.24, 2.45) is 10.2 Å². The van der Waals surface area contributed by atoms with Crippen molar-refractivity contribution in [3.63, 3.8) is 0 Å². The van der Waals surface area contributed by atoms with Crippen molar-refractivity contribution < 1.29 is 4.92 Å². The molecule has 0 aliphatic heterocycles. The molecule has 0 atom stereocenters. The molecule has 3 aromatic rings. The van der Waals surface area contributed by atoms with Crippen LogP contribution < -0.4 is 10.6 Å². The van der Waals surface area contributed by atoms with Gasteiger partial charge in [0.1, 0.15) is 6.33 Å². The summed E-state index contributed by atoms with van der Waals surface area (Å²) in [5.41, 5.74) is 1.85. The highest BCUT2D eigenvalue weighted by Gasteiger charge is 2.23. The van der Waals surface area contributed by atoms with Crippen LogP contribution >= 0.6 is 0 Å². The fourth-order valence-electron chi connectivity index (χ4n) is 2.38. The Morgan fingerprint density at radius 1 is 0.929 bits per heavy atom. The minimum atomic E-state index is -0.504. The predicted octanol–water partition coefficient (Wildman–Crippen LogP) is 5.36. The Labute approximate surface area is 161 Å². The lowest BCUT2D eigenvalue weighted by Crippen LogP contribution is -2.14. The summed E-state index contributed by atoms with van der Waals surface area (Å²) in [6.07, 6.45) is 1.28. The Morgan fingerprint density at radius 2 is 1.54 bits per heavy atom. The van der Waals surface area contributed by atoms with Crippen LogP contribution in [0.2, 0.25) is 0 Å². The van der Waals surface area contributed by atoms with Gasteiger partial charge in [0, 0.05) is 11.7 Å². The molecule has 9 nitrogen and oxygen atoms in total. The zero-order chi connectivity index (χ0) is 19.9. The van der Waals surface area contributed by atoms with Gasteiger partial charge in [0.15, 0.2) is 0 Å². The number of nitrogens with zero attached hydrogens (tertiary/aromatic N) is 5. The first-order valence-corrected chi connectivity index (χ1v) is 8.63. The van der Waals surface area contributed by atoms with Gasteiger partial charge in [0.25, 0.3) is 0 Å². The van der Waals surface area contributed by atoms with E-state index in [-0.39, 0.29) is 23.4 Å². The number of nitrogens with one attached hydrogen (secondary N) is 2. The Hall–Kier alpha value is -3.88. The molecule has 1 aromatic heterocycles. The molecule has 2 N–H and O–H groups in total. The molecule has 0 saturated heterocycles. The van der Waals surface area contributed by atoms with Gasteiger partial charge in [-0.25, -0.2) is 9.97 Å². The van der Waals surface area contributed by atoms with E-state index in [1.165, 1.54) is 6.33 Å². The fraction of sp³-hybridized carbons (Fsp3) is 0.158. The van der Waals surface area contributed by atoms with Crippen LogP contribution in [0.5, 0.6) is 0 Å². The first kappa shape index (κ1) is 18.9. The molecule has 0 saturated carbocycles. The van der Waals surface area contributed by atoms with Gasteiger partial charge in [-0.15, -0.1) is 0 Å². The maximum atomic E-state index is 11.5. The molecule has 0 spiro atoms. The summed E-state index contributed by atoms with van der Waals surface area (Å²) in [6, 6.07) is 16.4. The first-order valence-electron chi connectivity index (χ1n) is 8.63. The smallest absolute Gasteiger partial charge is 0.353 e. The quantitative estimate of drug-likeness (QED) is 0.325. The van der Waals surface area contributed by atoms with E-state index in [0.717, 1.165) is 5.69 Å². The molecular formula is C19H19N7O2. The van der Waals surface area contributed by atoms with E-state index in [1.54, 1.807) is 24.3 Å². The van der Waals surface area contributed by atoms with Crippen molar-refractivity contribution in [3.8, 4) is 0 Å². The highest BCUT2D eigenvalue weighted by atomic mass is 16.6. The van der Waals surface area contributed by atoms with Gasteiger partial charge in [0.05, 0.1) is 16.3 Å². The number of rotatable bonds is 7. The minimum Gasteiger partial charge on any atom is -0.362 e. The van der Waals surface area contributed by atoms with Crippen molar-refractivity contribution in [1.82, 2.24) is 9.97 Å². The fourth-order valence-corrected chi connectivity index (χ4v) is 2.38. The van der Waals surface area contributed by atoms with Gasteiger partial charge in [-0.1, -0.05) is 18.2 Å². The van der Waals surface area contributed by atoms with Crippen molar-refractivity contribution in [2.75, 3.05) is 10.6 Å². The van der Waals surface area contributed by atoms with Crippen LogP contribution in [-0.2, 0) is 0 Å². The zero-order valence-electron chi connectivity index (χ0n) is 15.4. The summed E-state index contributed by atoms with van der Waals surface area (Å²) in [5, 5.41) is 25.8. The molecule has 0 fully saturated rings. The lowest BCUT2D eigenvalue weighted by Gasteiger charge is -2.11. The van der Waals surface area contributed by atoms with Crippen molar-refractivity contribution in [1.29, 1.82) is 0 Å². The van der Waals surface area contributed by atoms with Gasteiger partial charge in [-0.3, -0.25) is 10.1 Å². The van der Waals surface area contributed by atoms with E-state index in [0.29, 0.717) is 11.4 Å². The molecule has 142 valence electrons. The van der Waals surface area contributed by atoms with E-state index in [9.17, 15) is 10.1 Å². The van der Waals surface area contributed by atoms with Gasteiger partial charge < -0.3 is 10.6 Å². The third kappa shape index (κ3) is 4.85. The van der Waals surface area contributed by atoms with E-state index in [4.69, 9.17) is 0 Å². The molecule has 0 aliphatic rings. The number of aromatic nitrogens is 2. The molecule has 0 bridgehead atoms. The first-order chi connectivity index (χ1) is 13.5. The van der Waals surface area contributed by atoms with Crippen LogP contribution in [0.3, 0.4) is 0 Å². The average molecular weight is 377 g/mol. The summed E-state index contributed by atoms with van der Waals surface area (Å²) in [5.74, 6) is 0.285. The summed E-state index contributed by atoms with van der Waals surface area (Å²) in [4.78, 5) is 19.0. The molecule has 28 heavy (non-hydrogen) atoms. The normalized spacial score (nSPS) is 11.0. The minimum absolute atomic E-state index is 0.00397. The second-order valence-corrected chi connectivity index (χ2v) is 6.18. The lowest BCUT2D eigenvalue weighted by molar-refractivity contribution is -0.383. The van der Waals surface area contributed by atoms with Crippen molar-refractivity contribution in [2.45, 2.75) is 19.9 Å². The third-order valence-corrected chi connectivity index (χ3v) is 3.60. The number of benzene rings is 2. The number of hydrogen-bond donors (Lipinski definition) is 2. The highest BCUT2D eigenvalue weighted by molar-refractivity contribution is 5.74. The standard InChI is InChI=1S/C19H19N7O2/c1-13(2)22-18-17(26(27)28)19(21-12-20-18)23-14-8-10-16(11-9-14)25-24-15-6-4-3-5-7-15/h3-13H,1-2H3,(H2,20,21,22,23). The molecular weight excluding hydrogens is 358 g/mol. The van der Waals surface area contributed by atoms with Crippen LogP contribution in [0, 0.1) is 10.1 Å². The Morgan fingerprint density at radius 3 is 2.14 bits per heavy atom. The Balaban J connectivity index is 1.79. The van der Waals surface area contributed by atoms with Gasteiger partial charge in [0.2, 0.25) is 11.6 Å². The maximum Gasteiger partial charge on any atom is 0.353 e. The van der Waals surface area contributed by atoms with Gasteiger partial charge in [-0.2, -0.15) is 10.2 Å². The second kappa shape index (κ2) is 8.67. The zero-order valence-corrected chi connectivity index (χ0v) is 15.4. The largest absolute Gasteiger partial charge is 0.362 e. The Bertz CT molecular complexity index is 973. The van der Waals surface area contributed by atoms with E-state index in [2.05, 4.69) is 30.8 Å². The van der Waals surface area contributed by atoms with Crippen LogP contribution in [0.15, 0.2) is 71.2 Å². The average Bonchev–Trinajstić information content (AvgIpc) is 2.68. The molecule has 9 heteroatoms. The molecule has 0 radical (unpaired) electrons. The summed E-state index contributed by atoms with van der Waals surface area (Å²) < 4.78 is 0. The van der Waals surface area contributed by atoms with E-state index in [1.807, 2.05) is 44.2 Å². The van der Waals surface area contributed by atoms with Crippen molar-refractivity contribution in [3.05, 3.63) is 71.0 Å². The van der Waals surface area contributed by atoms with Crippen LogP contribution in [0.25, 0.3) is 0 Å². The molecule has 1 heterocycles. The number of anilines is 3. The maximum absolute atomic E-state index is 11.5. The molecule has 2 aromatic carbocycles. The van der Waals surface area contributed by atoms with Crippen molar-refractivity contribution >= 4 is 34.4 Å². The molecule has 0 amide bonds.